The van der Waals surface area contributed by atoms with Crippen LogP contribution in [0.3, 0.4) is 0 Å². The molecule has 3 N–H and O–H groups in total. The van der Waals surface area contributed by atoms with Crippen molar-refractivity contribution in [3.05, 3.63) is 24.3 Å². The Kier molecular flexibility index (Phi) is 3.22. The predicted molar refractivity (Wildman–Crippen MR) is 82.6 cm³/mol. The topological polar surface area (TPSA) is 67.1 Å². The van der Waals surface area contributed by atoms with Gasteiger partial charge in [0.1, 0.15) is 5.82 Å². The molecule has 1 aliphatic heterocycles. The summed E-state index contributed by atoms with van der Waals surface area (Å²) in [5.41, 5.74) is 3.92. The maximum Gasteiger partial charge on any atom is 0.239 e. The summed E-state index contributed by atoms with van der Waals surface area (Å²) in [5, 5.41) is 1.09. The van der Waals surface area contributed by atoms with Crippen LogP contribution >= 0.6 is 0 Å². The Hall–Kier alpha value is -1.88. The van der Waals surface area contributed by atoms with E-state index < -0.39 is 0 Å². The van der Waals surface area contributed by atoms with E-state index in [0.29, 0.717) is 11.4 Å². The molecular formula is C15H21N5. The van der Waals surface area contributed by atoms with E-state index >= 15 is 0 Å². The maximum absolute atomic E-state index is 5.49. The standard InChI is InChI=1S/C15H21N5/c1-15(2)7-9-20(10-8-15)13-11-5-3-4-6-12(11)17-14(18-13)19-16/h3-6H,7-10,16H2,1-2H3,(H,17,18,19). The molecule has 2 aromatic rings. The number of para-hydroxylation sites is 1. The van der Waals surface area contributed by atoms with Crippen molar-refractivity contribution in [1.29, 1.82) is 0 Å². The second-order valence-electron chi connectivity index (χ2n) is 6.18. The van der Waals surface area contributed by atoms with Crippen LogP contribution in [0.5, 0.6) is 0 Å². The van der Waals surface area contributed by atoms with Gasteiger partial charge in [0, 0.05) is 18.5 Å². The minimum absolute atomic E-state index is 0.425. The second kappa shape index (κ2) is 4.90. The first-order valence-corrected chi connectivity index (χ1v) is 7.07. The molecule has 0 amide bonds. The van der Waals surface area contributed by atoms with Crippen LogP contribution in [0.1, 0.15) is 26.7 Å². The molecule has 1 fully saturated rings. The largest absolute Gasteiger partial charge is 0.356 e. The lowest BCUT2D eigenvalue weighted by Crippen LogP contribution is -2.38. The molecule has 0 radical (unpaired) electrons. The van der Waals surface area contributed by atoms with Crippen LogP contribution in [0.25, 0.3) is 10.9 Å². The molecule has 5 nitrogen and oxygen atoms in total. The highest BCUT2D eigenvalue weighted by Gasteiger charge is 2.27. The van der Waals surface area contributed by atoms with Gasteiger partial charge in [0.15, 0.2) is 0 Å². The number of hydrogen-bond acceptors (Lipinski definition) is 5. The Morgan fingerprint density at radius 1 is 1.15 bits per heavy atom. The lowest BCUT2D eigenvalue weighted by atomic mass is 9.82. The number of rotatable bonds is 2. The quantitative estimate of drug-likeness (QED) is 0.649. The number of hydrazine groups is 1. The first kappa shape index (κ1) is 13.1. The van der Waals surface area contributed by atoms with Crippen molar-refractivity contribution in [2.24, 2.45) is 11.3 Å². The fourth-order valence-electron chi connectivity index (χ4n) is 2.69. The molecule has 1 aromatic heterocycles. The average Bonchev–Trinajstić information content (AvgIpc) is 2.46. The van der Waals surface area contributed by atoms with Crippen molar-refractivity contribution in [3.8, 4) is 0 Å². The average molecular weight is 271 g/mol. The minimum Gasteiger partial charge on any atom is -0.356 e. The van der Waals surface area contributed by atoms with Crippen LogP contribution in [0, 0.1) is 5.41 Å². The zero-order valence-corrected chi connectivity index (χ0v) is 12.1. The van der Waals surface area contributed by atoms with E-state index in [1.807, 2.05) is 18.2 Å². The molecule has 20 heavy (non-hydrogen) atoms. The zero-order valence-electron chi connectivity index (χ0n) is 12.1. The van der Waals surface area contributed by atoms with Gasteiger partial charge >= 0.3 is 0 Å². The van der Waals surface area contributed by atoms with Gasteiger partial charge in [-0.25, -0.2) is 10.8 Å². The van der Waals surface area contributed by atoms with Gasteiger partial charge in [-0.05, 0) is 30.4 Å². The summed E-state index contributed by atoms with van der Waals surface area (Å²) in [6.07, 6.45) is 2.35. The van der Waals surface area contributed by atoms with Gasteiger partial charge in [-0.3, -0.25) is 5.43 Å². The van der Waals surface area contributed by atoms with Gasteiger partial charge in [0.2, 0.25) is 5.95 Å². The predicted octanol–water partition coefficient (Wildman–Crippen LogP) is 2.54. The summed E-state index contributed by atoms with van der Waals surface area (Å²) in [7, 11) is 0. The molecule has 2 heterocycles. The highest BCUT2D eigenvalue weighted by molar-refractivity contribution is 5.90. The Labute approximate surface area is 119 Å². The van der Waals surface area contributed by atoms with Crippen LogP contribution < -0.4 is 16.2 Å². The second-order valence-corrected chi connectivity index (χ2v) is 6.18. The van der Waals surface area contributed by atoms with Crippen LogP contribution in [0.15, 0.2) is 24.3 Å². The van der Waals surface area contributed by atoms with Crippen molar-refractivity contribution in [2.75, 3.05) is 23.4 Å². The van der Waals surface area contributed by atoms with Gasteiger partial charge in [0.05, 0.1) is 5.52 Å². The van der Waals surface area contributed by atoms with Crippen molar-refractivity contribution >= 4 is 22.7 Å². The van der Waals surface area contributed by atoms with Crippen molar-refractivity contribution in [3.63, 3.8) is 0 Å². The van der Waals surface area contributed by atoms with E-state index in [1.165, 1.54) is 12.8 Å². The zero-order chi connectivity index (χ0) is 14.2. The molecule has 5 heteroatoms. The molecule has 106 valence electrons. The summed E-state index contributed by atoms with van der Waals surface area (Å²) >= 11 is 0. The lowest BCUT2D eigenvalue weighted by Gasteiger charge is -2.37. The van der Waals surface area contributed by atoms with E-state index in [4.69, 9.17) is 5.84 Å². The number of nitrogen functional groups attached to an aromatic ring is 1. The normalized spacial score (nSPS) is 18.2. The van der Waals surface area contributed by atoms with E-state index in [1.54, 1.807) is 0 Å². The Balaban J connectivity index is 2.02. The summed E-state index contributed by atoms with van der Waals surface area (Å²) in [4.78, 5) is 11.3. The number of hydrogen-bond donors (Lipinski definition) is 2. The van der Waals surface area contributed by atoms with Crippen LogP contribution in [-0.4, -0.2) is 23.1 Å². The Morgan fingerprint density at radius 3 is 2.55 bits per heavy atom. The molecule has 0 unspecified atom stereocenters. The SMILES string of the molecule is CC1(C)CCN(c2nc(NN)nc3ccccc23)CC1. The molecule has 0 aliphatic carbocycles. The molecule has 1 aliphatic rings. The van der Waals surface area contributed by atoms with Crippen molar-refractivity contribution < 1.29 is 0 Å². The van der Waals surface area contributed by atoms with Gasteiger partial charge in [-0.2, -0.15) is 4.98 Å². The number of piperidine rings is 1. The first-order valence-electron chi connectivity index (χ1n) is 7.07. The highest BCUT2D eigenvalue weighted by atomic mass is 15.3. The lowest BCUT2D eigenvalue weighted by molar-refractivity contribution is 0.279. The molecular weight excluding hydrogens is 250 g/mol. The molecule has 3 rings (SSSR count). The van der Waals surface area contributed by atoms with E-state index in [2.05, 4.69) is 40.2 Å². The van der Waals surface area contributed by atoms with Gasteiger partial charge in [0.25, 0.3) is 0 Å². The summed E-state index contributed by atoms with van der Waals surface area (Å²) in [5.74, 6) is 6.95. The summed E-state index contributed by atoms with van der Waals surface area (Å²) < 4.78 is 0. The number of anilines is 2. The van der Waals surface area contributed by atoms with Crippen LogP contribution in [-0.2, 0) is 0 Å². The van der Waals surface area contributed by atoms with Crippen LogP contribution in [0.2, 0.25) is 0 Å². The number of nitrogens with zero attached hydrogens (tertiary/aromatic N) is 3. The molecule has 0 saturated carbocycles. The third-order valence-electron chi connectivity index (χ3n) is 4.13. The fraction of sp³-hybridized carbons (Fsp3) is 0.467. The molecule has 0 bridgehead atoms. The molecule has 0 atom stereocenters. The molecule has 1 saturated heterocycles. The first-order chi connectivity index (χ1) is 9.59. The third-order valence-corrected chi connectivity index (χ3v) is 4.13. The van der Waals surface area contributed by atoms with E-state index in [-0.39, 0.29) is 0 Å². The number of nitrogens with one attached hydrogen (secondary N) is 1. The van der Waals surface area contributed by atoms with Crippen molar-refractivity contribution in [1.82, 2.24) is 9.97 Å². The third kappa shape index (κ3) is 2.41. The number of benzene rings is 1. The minimum atomic E-state index is 0.425. The van der Waals surface area contributed by atoms with E-state index in [9.17, 15) is 0 Å². The van der Waals surface area contributed by atoms with Crippen LogP contribution in [0.4, 0.5) is 11.8 Å². The fourth-order valence-corrected chi connectivity index (χ4v) is 2.69. The number of aromatic nitrogens is 2. The van der Waals surface area contributed by atoms with Gasteiger partial charge < -0.3 is 4.90 Å². The maximum atomic E-state index is 5.49. The van der Waals surface area contributed by atoms with Gasteiger partial charge in [-0.15, -0.1) is 0 Å². The summed E-state index contributed by atoms with van der Waals surface area (Å²) in [6.45, 7) is 6.71. The number of fused-ring (bicyclic) bond motifs is 1. The van der Waals surface area contributed by atoms with Crippen molar-refractivity contribution in [2.45, 2.75) is 26.7 Å². The molecule has 0 spiro atoms. The number of nitrogens with two attached hydrogens (primary N) is 1. The van der Waals surface area contributed by atoms with E-state index in [0.717, 1.165) is 29.8 Å². The highest BCUT2D eigenvalue weighted by Crippen LogP contribution is 2.34. The monoisotopic (exact) mass is 271 g/mol. The smallest absolute Gasteiger partial charge is 0.239 e. The Bertz CT molecular complexity index is 613. The van der Waals surface area contributed by atoms with Gasteiger partial charge in [-0.1, -0.05) is 26.0 Å². The Morgan fingerprint density at radius 2 is 1.85 bits per heavy atom. The molecule has 1 aromatic carbocycles. The summed E-state index contributed by atoms with van der Waals surface area (Å²) in [6, 6.07) is 8.08.